The van der Waals surface area contributed by atoms with Gasteiger partial charge < -0.3 is 20.4 Å². The summed E-state index contributed by atoms with van der Waals surface area (Å²) in [6, 6.07) is 0. The molecule has 7 heteroatoms. The first-order valence-electron chi connectivity index (χ1n) is 5.80. The van der Waals surface area contributed by atoms with Crippen molar-refractivity contribution in [2.24, 2.45) is 7.05 Å². The first kappa shape index (κ1) is 12.7. The molecule has 0 aliphatic rings. The van der Waals surface area contributed by atoms with E-state index in [4.69, 9.17) is 10.5 Å². The molecular formula is C11H17N5OS. The van der Waals surface area contributed by atoms with Crippen molar-refractivity contribution in [3.63, 3.8) is 0 Å². The zero-order valence-electron chi connectivity index (χ0n) is 10.5. The smallest absolute Gasteiger partial charge is 0.197 e. The maximum absolute atomic E-state index is 5.74. The number of aryl methyl sites for hydroxylation is 1. The minimum atomic E-state index is 0.446. The third-order valence-corrected chi connectivity index (χ3v) is 3.32. The Hall–Kier alpha value is -1.76. The number of nitrogens with zero attached hydrogens (tertiary/aromatic N) is 3. The lowest BCUT2D eigenvalue weighted by Crippen LogP contribution is -2.08. The van der Waals surface area contributed by atoms with Gasteiger partial charge in [-0.2, -0.15) is 4.37 Å². The largest absolute Gasteiger partial charge is 0.487 e. The van der Waals surface area contributed by atoms with Crippen molar-refractivity contribution in [2.75, 3.05) is 24.2 Å². The summed E-state index contributed by atoms with van der Waals surface area (Å²) in [6.07, 6.45) is 4.57. The van der Waals surface area contributed by atoms with Gasteiger partial charge in [-0.05, 0) is 18.5 Å². The van der Waals surface area contributed by atoms with Gasteiger partial charge in [0.1, 0.15) is 5.82 Å². The molecule has 2 aromatic heterocycles. The number of hydrogen-bond acceptors (Lipinski definition) is 6. The second-order valence-corrected chi connectivity index (χ2v) is 4.56. The third kappa shape index (κ3) is 2.73. The SMILES string of the molecule is CCOc1c(N)nsc1NCCc1nccn1C. The van der Waals surface area contributed by atoms with E-state index in [2.05, 4.69) is 14.7 Å². The summed E-state index contributed by atoms with van der Waals surface area (Å²) in [5.41, 5.74) is 5.74. The van der Waals surface area contributed by atoms with Gasteiger partial charge in [0.05, 0.1) is 6.61 Å². The fourth-order valence-corrected chi connectivity index (χ4v) is 2.30. The second kappa shape index (κ2) is 5.72. The normalized spacial score (nSPS) is 10.6. The van der Waals surface area contributed by atoms with Crippen LogP contribution in [0.5, 0.6) is 5.75 Å². The predicted octanol–water partition coefficient (Wildman–Crippen LogP) is 1.51. The molecule has 2 rings (SSSR count). The number of hydrogen-bond donors (Lipinski definition) is 2. The molecule has 98 valence electrons. The molecular weight excluding hydrogens is 250 g/mol. The van der Waals surface area contributed by atoms with E-state index in [1.54, 1.807) is 6.20 Å². The van der Waals surface area contributed by atoms with Crippen LogP contribution in [-0.2, 0) is 13.5 Å². The van der Waals surface area contributed by atoms with Crippen LogP contribution in [0.15, 0.2) is 12.4 Å². The zero-order valence-corrected chi connectivity index (χ0v) is 11.3. The summed E-state index contributed by atoms with van der Waals surface area (Å²) in [7, 11) is 1.98. The van der Waals surface area contributed by atoms with Crippen molar-refractivity contribution < 1.29 is 4.74 Å². The molecule has 0 saturated carbocycles. The van der Waals surface area contributed by atoms with Crippen LogP contribution >= 0.6 is 11.5 Å². The van der Waals surface area contributed by atoms with Crippen molar-refractivity contribution in [3.8, 4) is 5.75 Å². The number of ether oxygens (including phenoxy) is 1. The average molecular weight is 267 g/mol. The van der Waals surface area contributed by atoms with Crippen LogP contribution in [0.1, 0.15) is 12.7 Å². The van der Waals surface area contributed by atoms with Crippen molar-refractivity contribution in [3.05, 3.63) is 18.2 Å². The van der Waals surface area contributed by atoms with Crippen LogP contribution < -0.4 is 15.8 Å². The third-order valence-electron chi connectivity index (χ3n) is 2.52. The molecule has 0 aromatic carbocycles. The van der Waals surface area contributed by atoms with Gasteiger partial charge in [0.15, 0.2) is 16.6 Å². The van der Waals surface area contributed by atoms with E-state index in [0.29, 0.717) is 18.2 Å². The Labute approximate surface area is 110 Å². The summed E-state index contributed by atoms with van der Waals surface area (Å²) in [5.74, 6) is 2.14. The number of nitrogen functional groups attached to an aromatic ring is 1. The molecule has 2 heterocycles. The maximum atomic E-state index is 5.74. The Morgan fingerprint density at radius 1 is 1.56 bits per heavy atom. The Morgan fingerprint density at radius 3 is 3.06 bits per heavy atom. The van der Waals surface area contributed by atoms with Crippen LogP contribution in [0.2, 0.25) is 0 Å². The summed E-state index contributed by atoms with van der Waals surface area (Å²) in [5, 5.41) is 4.16. The van der Waals surface area contributed by atoms with Gasteiger partial charge in [-0.15, -0.1) is 0 Å². The van der Waals surface area contributed by atoms with Crippen molar-refractivity contribution in [1.29, 1.82) is 0 Å². The number of rotatable bonds is 6. The fraction of sp³-hybridized carbons (Fsp3) is 0.455. The number of aromatic nitrogens is 3. The molecule has 0 atom stereocenters. The quantitative estimate of drug-likeness (QED) is 0.829. The van der Waals surface area contributed by atoms with Gasteiger partial charge in [0.2, 0.25) is 0 Å². The standard InChI is InChI=1S/C11H17N5OS/c1-3-17-9-10(12)15-18-11(9)14-5-4-8-13-6-7-16(8)2/h6-7,14H,3-5H2,1-2H3,(H2,12,15). The molecule has 0 bridgehead atoms. The number of anilines is 2. The van der Waals surface area contributed by atoms with Crippen LogP contribution in [0.3, 0.4) is 0 Å². The van der Waals surface area contributed by atoms with Crippen LogP contribution in [0, 0.1) is 0 Å². The molecule has 0 amide bonds. The van der Waals surface area contributed by atoms with E-state index < -0.39 is 0 Å². The Kier molecular flexibility index (Phi) is 4.03. The predicted molar refractivity (Wildman–Crippen MR) is 73.1 cm³/mol. The second-order valence-electron chi connectivity index (χ2n) is 3.79. The summed E-state index contributed by atoms with van der Waals surface area (Å²) < 4.78 is 11.5. The van der Waals surface area contributed by atoms with E-state index >= 15 is 0 Å². The molecule has 0 radical (unpaired) electrons. The van der Waals surface area contributed by atoms with Crippen LogP contribution in [0.25, 0.3) is 0 Å². The summed E-state index contributed by atoms with van der Waals surface area (Å²) >= 11 is 1.32. The first-order chi connectivity index (χ1) is 8.72. The van der Waals surface area contributed by atoms with Gasteiger partial charge in [-0.25, -0.2) is 4.98 Å². The Morgan fingerprint density at radius 2 is 2.39 bits per heavy atom. The van der Waals surface area contributed by atoms with Crippen LogP contribution in [0.4, 0.5) is 10.8 Å². The minimum Gasteiger partial charge on any atom is -0.487 e. The van der Waals surface area contributed by atoms with Gasteiger partial charge in [0, 0.05) is 32.4 Å². The number of nitrogens with two attached hydrogens (primary N) is 1. The highest BCUT2D eigenvalue weighted by Crippen LogP contribution is 2.34. The lowest BCUT2D eigenvalue weighted by molar-refractivity contribution is 0.344. The number of imidazole rings is 1. The van der Waals surface area contributed by atoms with Gasteiger partial charge in [0.25, 0.3) is 0 Å². The lowest BCUT2D eigenvalue weighted by Gasteiger charge is -2.07. The van der Waals surface area contributed by atoms with E-state index in [-0.39, 0.29) is 0 Å². The molecule has 0 unspecified atom stereocenters. The van der Waals surface area contributed by atoms with Gasteiger partial charge >= 0.3 is 0 Å². The minimum absolute atomic E-state index is 0.446. The van der Waals surface area contributed by atoms with Gasteiger partial charge in [-0.3, -0.25) is 0 Å². The highest BCUT2D eigenvalue weighted by molar-refractivity contribution is 7.11. The van der Waals surface area contributed by atoms with Crippen molar-refractivity contribution in [2.45, 2.75) is 13.3 Å². The van der Waals surface area contributed by atoms with Gasteiger partial charge in [-0.1, -0.05) is 0 Å². The monoisotopic (exact) mass is 267 g/mol. The molecule has 0 spiro atoms. The molecule has 3 N–H and O–H groups in total. The molecule has 0 aliphatic heterocycles. The maximum Gasteiger partial charge on any atom is 0.197 e. The lowest BCUT2D eigenvalue weighted by atomic mass is 10.4. The summed E-state index contributed by atoms with van der Waals surface area (Å²) in [4.78, 5) is 4.27. The average Bonchev–Trinajstić information content (AvgIpc) is 2.90. The topological polar surface area (TPSA) is 78.0 Å². The van der Waals surface area contributed by atoms with E-state index in [1.165, 1.54) is 11.5 Å². The van der Waals surface area contributed by atoms with Crippen molar-refractivity contribution >= 4 is 22.4 Å². The molecule has 6 nitrogen and oxygen atoms in total. The Bertz CT molecular complexity index is 507. The van der Waals surface area contributed by atoms with E-state index in [9.17, 15) is 0 Å². The molecule has 18 heavy (non-hydrogen) atoms. The number of nitrogens with one attached hydrogen (secondary N) is 1. The zero-order chi connectivity index (χ0) is 13.0. The molecule has 0 saturated heterocycles. The first-order valence-corrected chi connectivity index (χ1v) is 6.57. The Balaban J connectivity index is 1.92. The van der Waals surface area contributed by atoms with Crippen molar-refractivity contribution in [1.82, 2.24) is 13.9 Å². The van der Waals surface area contributed by atoms with Crippen LogP contribution in [-0.4, -0.2) is 27.1 Å². The molecule has 2 aromatic rings. The fourth-order valence-electron chi connectivity index (χ4n) is 1.62. The van der Waals surface area contributed by atoms with E-state index in [1.807, 2.05) is 24.7 Å². The highest BCUT2D eigenvalue weighted by atomic mass is 32.1. The highest BCUT2D eigenvalue weighted by Gasteiger charge is 2.12. The summed E-state index contributed by atoms with van der Waals surface area (Å²) in [6.45, 7) is 3.28. The molecule has 0 fully saturated rings. The van der Waals surface area contributed by atoms with E-state index in [0.717, 1.165) is 23.8 Å². The molecule has 0 aliphatic carbocycles.